The Hall–Kier alpha value is -3.63. The molecule has 2 amide bonds. The van der Waals surface area contributed by atoms with Crippen molar-refractivity contribution in [1.29, 1.82) is 0 Å². The van der Waals surface area contributed by atoms with E-state index in [1.165, 1.54) is 42.5 Å². The lowest BCUT2D eigenvalue weighted by molar-refractivity contribution is -0.115. The fourth-order valence-electron chi connectivity index (χ4n) is 2.63. The molecular weight excluding hydrogens is 461 g/mol. The molecule has 0 aliphatic heterocycles. The quantitative estimate of drug-likeness (QED) is 0.388. The molecule has 11 heteroatoms. The van der Waals surface area contributed by atoms with Gasteiger partial charge in [0.1, 0.15) is 16.5 Å². The second kappa shape index (κ2) is 9.67. The first-order chi connectivity index (χ1) is 15.2. The van der Waals surface area contributed by atoms with Crippen LogP contribution >= 0.6 is 11.6 Å². The van der Waals surface area contributed by atoms with E-state index in [0.29, 0.717) is 0 Å². The molecule has 3 aromatic rings. The Bertz CT molecular complexity index is 1270. The van der Waals surface area contributed by atoms with E-state index >= 15 is 0 Å². The lowest BCUT2D eigenvalue weighted by Gasteiger charge is -2.10. The van der Waals surface area contributed by atoms with Crippen molar-refractivity contribution in [3.63, 3.8) is 0 Å². The smallest absolute Gasteiger partial charge is 0.264 e. The van der Waals surface area contributed by atoms with Crippen molar-refractivity contribution in [2.45, 2.75) is 4.90 Å². The zero-order valence-corrected chi connectivity index (χ0v) is 17.9. The molecule has 8 nitrogen and oxygen atoms in total. The van der Waals surface area contributed by atoms with Crippen LogP contribution in [0.1, 0.15) is 10.4 Å². The highest BCUT2D eigenvalue weighted by Gasteiger charge is 2.19. The zero-order valence-electron chi connectivity index (χ0n) is 16.3. The largest absolute Gasteiger partial charge is 0.506 e. The molecule has 3 aromatic carbocycles. The van der Waals surface area contributed by atoms with Gasteiger partial charge in [-0.15, -0.1) is 0 Å². The minimum absolute atomic E-state index is 0.0612. The second-order valence-corrected chi connectivity index (χ2v) is 8.59. The van der Waals surface area contributed by atoms with E-state index in [1.807, 2.05) is 0 Å². The lowest BCUT2D eigenvalue weighted by atomic mass is 10.2. The molecule has 166 valence electrons. The number of carbonyl (C=O) groups is 2. The topological polar surface area (TPSA) is 125 Å². The number of hydrogen-bond donors (Lipinski definition) is 4. The van der Waals surface area contributed by atoms with E-state index < -0.39 is 32.6 Å². The number of phenols is 1. The van der Waals surface area contributed by atoms with Gasteiger partial charge in [0.25, 0.3) is 15.9 Å². The van der Waals surface area contributed by atoms with Gasteiger partial charge < -0.3 is 15.7 Å². The van der Waals surface area contributed by atoms with Crippen molar-refractivity contribution in [2.75, 3.05) is 16.6 Å². The van der Waals surface area contributed by atoms with Crippen LogP contribution in [0.2, 0.25) is 5.02 Å². The van der Waals surface area contributed by atoms with E-state index in [9.17, 15) is 27.5 Å². The van der Waals surface area contributed by atoms with E-state index in [2.05, 4.69) is 15.4 Å². The molecule has 4 N–H and O–H groups in total. The predicted octanol–water partition coefficient (Wildman–Crippen LogP) is 3.35. The summed E-state index contributed by atoms with van der Waals surface area (Å²) in [7, 11) is -4.21. The molecule has 0 unspecified atom stereocenters. The van der Waals surface area contributed by atoms with Crippen LogP contribution in [0.25, 0.3) is 0 Å². The van der Waals surface area contributed by atoms with Gasteiger partial charge in [0.2, 0.25) is 5.91 Å². The molecule has 0 bridgehead atoms. The SMILES string of the molecule is O=C(CNC(=O)c1ccc(NS(=O)(=O)c2ccc(Cl)cc2F)cc1)Nc1ccccc1O. The number of rotatable bonds is 7. The summed E-state index contributed by atoms with van der Waals surface area (Å²) in [6, 6.07) is 14.6. The molecule has 0 radical (unpaired) electrons. The summed E-state index contributed by atoms with van der Waals surface area (Å²) in [5, 5.41) is 14.6. The highest BCUT2D eigenvalue weighted by Crippen LogP contribution is 2.22. The Morgan fingerprint density at radius 1 is 1.00 bits per heavy atom. The van der Waals surface area contributed by atoms with E-state index in [1.54, 1.807) is 12.1 Å². The Morgan fingerprint density at radius 3 is 2.34 bits per heavy atom. The van der Waals surface area contributed by atoms with E-state index in [0.717, 1.165) is 12.1 Å². The summed E-state index contributed by atoms with van der Waals surface area (Å²) < 4.78 is 40.9. The average molecular weight is 478 g/mol. The Labute approximate surface area is 188 Å². The van der Waals surface area contributed by atoms with Crippen LogP contribution in [0, 0.1) is 5.82 Å². The number of carbonyl (C=O) groups excluding carboxylic acids is 2. The summed E-state index contributed by atoms with van der Waals surface area (Å²) in [4.78, 5) is 23.6. The number of sulfonamides is 1. The Balaban J connectivity index is 1.59. The van der Waals surface area contributed by atoms with Crippen LogP contribution in [-0.2, 0) is 14.8 Å². The minimum Gasteiger partial charge on any atom is -0.506 e. The first-order valence-electron chi connectivity index (χ1n) is 9.10. The molecule has 0 saturated heterocycles. The molecule has 0 spiro atoms. The molecule has 3 rings (SSSR count). The normalized spacial score (nSPS) is 10.9. The number of nitrogens with one attached hydrogen (secondary N) is 3. The van der Waals surface area contributed by atoms with Gasteiger partial charge in [0.05, 0.1) is 12.2 Å². The molecule has 0 saturated carbocycles. The third-order valence-corrected chi connectivity index (χ3v) is 5.82. The Morgan fingerprint density at radius 2 is 1.69 bits per heavy atom. The maximum absolute atomic E-state index is 13.9. The van der Waals surface area contributed by atoms with E-state index in [4.69, 9.17) is 11.6 Å². The fourth-order valence-corrected chi connectivity index (χ4v) is 3.91. The van der Waals surface area contributed by atoms with Crippen LogP contribution in [0.5, 0.6) is 5.75 Å². The van der Waals surface area contributed by atoms with Crippen molar-refractivity contribution in [3.05, 3.63) is 83.1 Å². The van der Waals surface area contributed by atoms with Crippen LogP contribution in [0.4, 0.5) is 15.8 Å². The predicted molar refractivity (Wildman–Crippen MR) is 118 cm³/mol. The van der Waals surface area contributed by atoms with Crippen LogP contribution in [0.3, 0.4) is 0 Å². The highest BCUT2D eigenvalue weighted by molar-refractivity contribution is 7.92. The van der Waals surface area contributed by atoms with Gasteiger partial charge in [-0.3, -0.25) is 14.3 Å². The van der Waals surface area contributed by atoms with Crippen molar-refractivity contribution in [2.24, 2.45) is 0 Å². The fraction of sp³-hybridized carbons (Fsp3) is 0.0476. The first-order valence-corrected chi connectivity index (χ1v) is 11.0. The van der Waals surface area contributed by atoms with Gasteiger partial charge in [-0.05, 0) is 54.6 Å². The van der Waals surface area contributed by atoms with Crippen molar-refractivity contribution < 1.29 is 27.5 Å². The summed E-state index contributed by atoms with van der Waals surface area (Å²) >= 11 is 5.64. The number of amides is 2. The maximum atomic E-state index is 13.9. The molecule has 0 aliphatic carbocycles. The third kappa shape index (κ3) is 5.74. The number of halogens is 2. The number of hydrogen-bond acceptors (Lipinski definition) is 5. The number of benzene rings is 3. The molecule has 0 fully saturated rings. The summed E-state index contributed by atoms with van der Waals surface area (Å²) in [5.74, 6) is -2.23. The van der Waals surface area contributed by atoms with Gasteiger partial charge >= 0.3 is 0 Å². The summed E-state index contributed by atoms with van der Waals surface area (Å²) in [6.07, 6.45) is 0. The van der Waals surface area contributed by atoms with Crippen LogP contribution in [-0.4, -0.2) is 31.9 Å². The first kappa shape index (κ1) is 23.0. The zero-order chi connectivity index (χ0) is 23.3. The highest BCUT2D eigenvalue weighted by atomic mass is 35.5. The van der Waals surface area contributed by atoms with Gasteiger partial charge in [0.15, 0.2) is 0 Å². The number of para-hydroxylation sites is 2. The number of phenolic OH excluding ortho intramolecular Hbond substituents is 1. The lowest BCUT2D eigenvalue weighted by Crippen LogP contribution is -2.32. The van der Waals surface area contributed by atoms with Gasteiger partial charge in [-0.2, -0.15) is 0 Å². The number of anilines is 2. The molecule has 0 aliphatic rings. The van der Waals surface area contributed by atoms with Crippen molar-refractivity contribution >= 4 is 44.8 Å². The van der Waals surface area contributed by atoms with E-state index in [-0.39, 0.29) is 34.3 Å². The van der Waals surface area contributed by atoms with Gasteiger partial charge in [-0.25, -0.2) is 12.8 Å². The van der Waals surface area contributed by atoms with Gasteiger partial charge in [0, 0.05) is 16.3 Å². The van der Waals surface area contributed by atoms with Crippen molar-refractivity contribution in [1.82, 2.24) is 5.32 Å². The summed E-state index contributed by atoms with van der Waals surface area (Å²) in [5.41, 5.74) is 0.481. The summed E-state index contributed by atoms with van der Waals surface area (Å²) in [6.45, 7) is -0.350. The van der Waals surface area contributed by atoms with Gasteiger partial charge in [-0.1, -0.05) is 23.7 Å². The monoisotopic (exact) mass is 477 g/mol. The molecule has 0 atom stereocenters. The standard InChI is InChI=1S/C21H17ClFN3O5S/c22-14-7-10-19(16(23)11-14)32(30,31)26-15-8-5-13(6-9-15)21(29)24-12-20(28)25-17-3-1-2-4-18(17)27/h1-11,26-27H,12H2,(H,24,29)(H,25,28). The van der Waals surface area contributed by atoms with Crippen LogP contribution in [0.15, 0.2) is 71.6 Å². The number of aromatic hydroxyl groups is 1. The van der Waals surface area contributed by atoms with Crippen molar-refractivity contribution in [3.8, 4) is 5.75 Å². The van der Waals surface area contributed by atoms with Crippen LogP contribution < -0.4 is 15.4 Å². The molecular formula is C21H17ClFN3O5S. The average Bonchev–Trinajstić information content (AvgIpc) is 2.73. The molecule has 0 aromatic heterocycles. The minimum atomic E-state index is -4.21. The molecule has 0 heterocycles. The third-order valence-electron chi connectivity index (χ3n) is 4.17. The second-order valence-electron chi connectivity index (χ2n) is 6.51. The molecule has 32 heavy (non-hydrogen) atoms. The Kier molecular flexibility index (Phi) is 6.96. The maximum Gasteiger partial charge on any atom is 0.264 e.